The first-order chi connectivity index (χ1) is 8.67. The minimum Gasteiger partial charge on any atom is -0.346 e. The Kier molecular flexibility index (Phi) is 2.81. The lowest BCUT2D eigenvalue weighted by Gasteiger charge is -2.12. The molecule has 3 rings (SSSR count). The monoisotopic (exact) mass is 248 g/mol. The zero-order valence-electron chi connectivity index (χ0n) is 10.0. The van der Waals surface area contributed by atoms with Crippen LogP contribution in [0.1, 0.15) is 24.7 Å². The molecule has 1 amide bonds. The summed E-state index contributed by atoms with van der Waals surface area (Å²) >= 11 is 0. The van der Waals surface area contributed by atoms with E-state index in [-0.39, 0.29) is 12.2 Å². The fourth-order valence-electron chi connectivity index (χ4n) is 1.89. The number of carbonyl (C=O) groups excluding carboxylic acids is 1. The van der Waals surface area contributed by atoms with Crippen molar-refractivity contribution in [2.24, 2.45) is 5.73 Å². The number of benzene rings is 1. The molecule has 1 heterocycles. The number of hydrogen-bond donors (Lipinski definition) is 2. The van der Waals surface area contributed by atoms with Gasteiger partial charge in [-0.3, -0.25) is 4.79 Å². The Bertz CT molecular complexity index is 448. The topological polar surface area (TPSA) is 73.6 Å². The smallest absolute Gasteiger partial charge is 0.244 e. The molecule has 1 saturated heterocycles. The molecule has 3 N–H and O–H groups in total. The van der Waals surface area contributed by atoms with Crippen LogP contribution in [0.5, 0.6) is 0 Å². The number of nitrogens with one attached hydrogen (secondary N) is 1. The molecule has 1 aliphatic heterocycles. The predicted molar refractivity (Wildman–Crippen MR) is 65.9 cm³/mol. The first kappa shape index (κ1) is 11.6. The highest BCUT2D eigenvalue weighted by atomic mass is 16.7. The Morgan fingerprint density at radius 2 is 1.83 bits per heavy atom. The molecule has 0 bridgehead atoms. The van der Waals surface area contributed by atoms with Gasteiger partial charge < -0.3 is 20.5 Å². The van der Waals surface area contributed by atoms with Crippen LogP contribution in [-0.2, 0) is 14.3 Å². The lowest BCUT2D eigenvalue weighted by molar-refractivity contribution is -0.118. The summed E-state index contributed by atoms with van der Waals surface area (Å²) in [5.74, 6) is -0.108. The van der Waals surface area contributed by atoms with Gasteiger partial charge in [-0.1, -0.05) is 12.1 Å². The summed E-state index contributed by atoms with van der Waals surface area (Å²) < 4.78 is 10.8. The van der Waals surface area contributed by atoms with Gasteiger partial charge in [0, 0.05) is 11.3 Å². The SMILES string of the molecule is NC1(C(=O)Nc2ccc(C3OCCO3)cc2)CC1. The van der Waals surface area contributed by atoms with E-state index in [2.05, 4.69) is 5.32 Å². The first-order valence-corrected chi connectivity index (χ1v) is 6.11. The van der Waals surface area contributed by atoms with Crippen molar-refractivity contribution in [3.05, 3.63) is 29.8 Å². The Labute approximate surface area is 105 Å². The summed E-state index contributed by atoms with van der Waals surface area (Å²) in [5, 5.41) is 2.82. The largest absolute Gasteiger partial charge is 0.346 e. The maximum absolute atomic E-state index is 11.8. The molecule has 1 aliphatic carbocycles. The maximum Gasteiger partial charge on any atom is 0.244 e. The number of nitrogens with two attached hydrogens (primary N) is 1. The van der Waals surface area contributed by atoms with Gasteiger partial charge in [0.25, 0.3) is 0 Å². The summed E-state index contributed by atoms with van der Waals surface area (Å²) in [6, 6.07) is 7.46. The van der Waals surface area contributed by atoms with Gasteiger partial charge in [0.2, 0.25) is 5.91 Å². The van der Waals surface area contributed by atoms with Gasteiger partial charge in [-0.2, -0.15) is 0 Å². The van der Waals surface area contributed by atoms with Crippen LogP contribution < -0.4 is 11.1 Å². The Morgan fingerprint density at radius 3 is 2.39 bits per heavy atom. The van der Waals surface area contributed by atoms with Gasteiger partial charge in [-0.25, -0.2) is 0 Å². The van der Waals surface area contributed by atoms with E-state index in [1.54, 1.807) is 0 Å². The molecule has 0 radical (unpaired) electrons. The van der Waals surface area contributed by atoms with E-state index in [4.69, 9.17) is 15.2 Å². The molecule has 18 heavy (non-hydrogen) atoms. The molecule has 5 nitrogen and oxygen atoms in total. The number of rotatable bonds is 3. The number of amides is 1. The molecule has 5 heteroatoms. The summed E-state index contributed by atoms with van der Waals surface area (Å²) in [6.45, 7) is 1.25. The van der Waals surface area contributed by atoms with E-state index in [1.165, 1.54) is 0 Å². The van der Waals surface area contributed by atoms with Gasteiger partial charge in [-0.15, -0.1) is 0 Å². The summed E-state index contributed by atoms with van der Waals surface area (Å²) in [4.78, 5) is 11.8. The van der Waals surface area contributed by atoms with Gasteiger partial charge >= 0.3 is 0 Å². The molecule has 96 valence electrons. The second kappa shape index (κ2) is 4.35. The molecular formula is C13H16N2O3. The van der Waals surface area contributed by atoms with Crippen LogP contribution in [0.4, 0.5) is 5.69 Å². The number of carbonyl (C=O) groups is 1. The Hall–Kier alpha value is -1.43. The van der Waals surface area contributed by atoms with Crippen LogP contribution in [0.3, 0.4) is 0 Å². The van der Waals surface area contributed by atoms with Gasteiger partial charge in [-0.05, 0) is 25.0 Å². The molecule has 0 atom stereocenters. The second-order valence-electron chi connectivity index (χ2n) is 4.81. The zero-order chi connectivity index (χ0) is 12.6. The third-order valence-electron chi connectivity index (χ3n) is 3.30. The van der Waals surface area contributed by atoms with Gasteiger partial charge in [0.05, 0.1) is 18.8 Å². The average molecular weight is 248 g/mol. The van der Waals surface area contributed by atoms with Crippen molar-refractivity contribution in [1.29, 1.82) is 0 Å². The lowest BCUT2D eigenvalue weighted by atomic mass is 10.2. The predicted octanol–water partition coefficient (Wildman–Crippen LogP) is 1.16. The van der Waals surface area contributed by atoms with Crippen LogP contribution in [0.15, 0.2) is 24.3 Å². The van der Waals surface area contributed by atoms with Gasteiger partial charge in [0.15, 0.2) is 6.29 Å². The molecular weight excluding hydrogens is 232 g/mol. The highest BCUT2D eigenvalue weighted by Gasteiger charge is 2.45. The fourth-order valence-corrected chi connectivity index (χ4v) is 1.89. The van der Waals surface area contributed by atoms with Crippen LogP contribution in [0.2, 0.25) is 0 Å². The summed E-state index contributed by atoms with van der Waals surface area (Å²) in [6.07, 6.45) is 1.25. The van der Waals surface area contributed by atoms with Crippen molar-refractivity contribution < 1.29 is 14.3 Å². The van der Waals surface area contributed by atoms with Crippen molar-refractivity contribution >= 4 is 11.6 Å². The molecule has 2 fully saturated rings. The highest BCUT2D eigenvalue weighted by Crippen LogP contribution is 2.33. The maximum atomic E-state index is 11.8. The Balaban J connectivity index is 1.65. The minimum atomic E-state index is -0.643. The van der Waals surface area contributed by atoms with Crippen LogP contribution in [0.25, 0.3) is 0 Å². The van der Waals surface area contributed by atoms with Crippen LogP contribution in [0, 0.1) is 0 Å². The number of anilines is 1. The third-order valence-corrected chi connectivity index (χ3v) is 3.30. The zero-order valence-corrected chi connectivity index (χ0v) is 10.0. The van der Waals surface area contributed by atoms with Crippen LogP contribution >= 0.6 is 0 Å². The van der Waals surface area contributed by atoms with Crippen molar-refractivity contribution in [1.82, 2.24) is 0 Å². The van der Waals surface area contributed by atoms with Gasteiger partial charge in [0.1, 0.15) is 0 Å². The van der Waals surface area contributed by atoms with E-state index >= 15 is 0 Å². The molecule has 2 aliphatic rings. The summed E-state index contributed by atoms with van der Waals surface area (Å²) in [5.41, 5.74) is 6.88. The van der Waals surface area contributed by atoms with Crippen molar-refractivity contribution in [3.63, 3.8) is 0 Å². The number of hydrogen-bond acceptors (Lipinski definition) is 4. The standard InChI is InChI=1S/C13H16N2O3/c14-13(5-6-13)12(16)15-10-3-1-9(2-4-10)11-17-7-8-18-11/h1-4,11H,5-8,14H2,(H,15,16). The fraction of sp³-hybridized carbons (Fsp3) is 0.462. The lowest BCUT2D eigenvalue weighted by Crippen LogP contribution is -2.37. The average Bonchev–Trinajstić information content (AvgIpc) is 2.94. The normalized spacial score (nSPS) is 21.8. The molecule has 1 aromatic carbocycles. The van der Waals surface area contributed by atoms with E-state index < -0.39 is 5.54 Å². The summed E-state index contributed by atoms with van der Waals surface area (Å²) in [7, 11) is 0. The van der Waals surface area contributed by atoms with E-state index in [0.29, 0.717) is 13.2 Å². The van der Waals surface area contributed by atoms with Crippen LogP contribution in [-0.4, -0.2) is 24.7 Å². The molecule has 0 unspecified atom stereocenters. The Morgan fingerprint density at radius 1 is 1.22 bits per heavy atom. The third kappa shape index (κ3) is 2.25. The molecule has 1 aromatic rings. The van der Waals surface area contributed by atoms with E-state index in [0.717, 1.165) is 24.1 Å². The van der Waals surface area contributed by atoms with Crippen molar-refractivity contribution in [2.45, 2.75) is 24.7 Å². The van der Waals surface area contributed by atoms with Crippen molar-refractivity contribution in [3.8, 4) is 0 Å². The number of ether oxygens (including phenoxy) is 2. The molecule has 0 aromatic heterocycles. The minimum absolute atomic E-state index is 0.108. The quantitative estimate of drug-likeness (QED) is 0.842. The highest BCUT2D eigenvalue weighted by molar-refractivity contribution is 6.00. The van der Waals surface area contributed by atoms with E-state index in [9.17, 15) is 4.79 Å². The second-order valence-corrected chi connectivity index (χ2v) is 4.81. The molecule has 0 spiro atoms. The first-order valence-electron chi connectivity index (χ1n) is 6.11. The van der Waals surface area contributed by atoms with E-state index in [1.807, 2.05) is 24.3 Å². The molecule has 1 saturated carbocycles. The van der Waals surface area contributed by atoms with Crippen molar-refractivity contribution in [2.75, 3.05) is 18.5 Å².